The molecule has 0 aliphatic heterocycles. The Labute approximate surface area is 123 Å². The van der Waals surface area contributed by atoms with Crippen molar-refractivity contribution in [2.75, 3.05) is 13.2 Å². The molecule has 0 saturated heterocycles. The summed E-state index contributed by atoms with van der Waals surface area (Å²) in [5.74, 6) is 5.30. The van der Waals surface area contributed by atoms with Crippen molar-refractivity contribution in [2.24, 2.45) is 5.84 Å². The first-order chi connectivity index (χ1) is 10.1. The lowest BCUT2D eigenvalue weighted by atomic mass is 10.1. The van der Waals surface area contributed by atoms with Gasteiger partial charge in [-0.1, -0.05) is 18.2 Å². The summed E-state index contributed by atoms with van der Waals surface area (Å²) in [6.45, 7) is 5.04. The predicted octanol–water partition coefficient (Wildman–Crippen LogP) is 1.98. The van der Waals surface area contributed by atoms with Crippen LogP contribution in [0.4, 0.5) is 0 Å². The van der Waals surface area contributed by atoms with E-state index in [1.807, 2.05) is 32.0 Å². The summed E-state index contributed by atoms with van der Waals surface area (Å²) in [6, 6.07) is 7.30. The number of ether oxygens (including phenoxy) is 2. The maximum Gasteiger partial charge on any atom is 0.269 e. The zero-order valence-electron chi connectivity index (χ0n) is 12.2. The van der Waals surface area contributed by atoms with E-state index in [-0.39, 0.29) is 12.7 Å². The van der Waals surface area contributed by atoms with Crippen molar-refractivity contribution in [1.29, 1.82) is 0 Å². The molecule has 1 heterocycles. The minimum Gasteiger partial charge on any atom is -0.458 e. The molecule has 21 heavy (non-hydrogen) atoms. The van der Waals surface area contributed by atoms with Crippen LogP contribution in [0.2, 0.25) is 0 Å². The van der Waals surface area contributed by atoms with Gasteiger partial charge in [-0.15, -0.1) is 0 Å². The Bertz CT molecular complexity index is 607. The fourth-order valence-corrected chi connectivity index (χ4v) is 2.03. The van der Waals surface area contributed by atoms with Gasteiger partial charge in [0.05, 0.1) is 24.9 Å². The molecule has 1 aromatic carbocycles. The number of furan rings is 1. The number of nitrogens with two attached hydrogens (primary N) is 1. The second-order valence-electron chi connectivity index (χ2n) is 4.84. The van der Waals surface area contributed by atoms with Gasteiger partial charge in [0.25, 0.3) is 5.91 Å². The molecule has 2 rings (SSSR count). The number of carbonyl (C=O) groups is 1. The van der Waals surface area contributed by atoms with Crippen molar-refractivity contribution in [3.8, 4) is 0 Å². The first-order valence-electron chi connectivity index (χ1n) is 6.84. The maximum absolute atomic E-state index is 11.9. The highest BCUT2D eigenvalue weighted by Crippen LogP contribution is 2.26. The maximum atomic E-state index is 11.9. The van der Waals surface area contributed by atoms with E-state index in [1.54, 1.807) is 6.07 Å². The molecule has 0 spiro atoms. The van der Waals surface area contributed by atoms with Crippen molar-refractivity contribution in [3.63, 3.8) is 0 Å². The number of hydrazine groups is 1. The number of benzene rings is 1. The summed E-state index contributed by atoms with van der Waals surface area (Å²) in [5.41, 5.74) is 3.18. The molecule has 0 unspecified atom stereocenters. The Morgan fingerprint density at radius 1 is 1.33 bits per heavy atom. The smallest absolute Gasteiger partial charge is 0.269 e. The molecule has 0 saturated carbocycles. The zero-order valence-corrected chi connectivity index (χ0v) is 12.2. The Balaban J connectivity index is 2.09. The molecular weight excluding hydrogens is 272 g/mol. The molecule has 0 atom stereocenters. The number of carbonyl (C=O) groups excluding carboxylic acids is 1. The first-order valence-corrected chi connectivity index (χ1v) is 6.84. The molecule has 1 amide bonds. The number of amides is 1. The molecular formula is C15H20N2O4. The van der Waals surface area contributed by atoms with Crippen LogP contribution in [0, 0.1) is 0 Å². The van der Waals surface area contributed by atoms with E-state index in [2.05, 4.69) is 5.43 Å². The van der Waals surface area contributed by atoms with Gasteiger partial charge >= 0.3 is 0 Å². The van der Waals surface area contributed by atoms with E-state index in [0.29, 0.717) is 30.1 Å². The molecule has 2 aromatic rings. The quantitative estimate of drug-likeness (QED) is 0.353. The zero-order chi connectivity index (χ0) is 15.2. The molecule has 114 valence electrons. The molecule has 3 N–H and O–H groups in total. The van der Waals surface area contributed by atoms with Crippen LogP contribution < -0.4 is 11.3 Å². The fourth-order valence-electron chi connectivity index (χ4n) is 2.03. The van der Waals surface area contributed by atoms with Gasteiger partial charge in [0, 0.05) is 5.39 Å². The SMILES string of the molecule is CC(C)OCCOCc1oc2ccccc2c1C(=O)NN. The second kappa shape index (κ2) is 7.21. The molecule has 0 bridgehead atoms. The molecule has 6 nitrogen and oxygen atoms in total. The lowest BCUT2D eigenvalue weighted by Crippen LogP contribution is -2.30. The standard InChI is InChI=1S/C15H20N2O4/c1-10(2)20-8-7-19-9-13-14(15(18)17-16)11-5-3-4-6-12(11)21-13/h3-6,10H,7-9,16H2,1-2H3,(H,17,18). The Kier molecular flexibility index (Phi) is 5.32. The normalized spacial score (nSPS) is 11.2. The Morgan fingerprint density at radius 3 is 2.81 bits per heavy atom. The van der Waals surface area contributed by atoms with Gasteiger partial charge in [-0.3, -0.25) is 10.2 Å². The minimum atomic E-state index is -0.392. The lowest BCUT2D eigenvalue weighted by Gasteiger charge is -2.07. The third kappa shape index (κ3) is 3.81. The van der Waals surface area contributed by atoms with Crippen LogP contribution in [-0.2, 0) is 16.1 Å². The molecule has 6 heteroatoms. The van der Waals surface area contributed by atoms with Gasteiger partial charge < -0.3 is 13.9 Å². The number of rotatable bonds is 7. The van der Waals surface area contributed by atoms with Crippen molar-refractivity contribution < 1.29 is 18.7 Å². The summed E-state index contributed by atoms with van der Waals surface area (Å²) in [6.07, 6.45) is 0.165. The Morgan fingerprint density at radius 2 is 2.10 bits per heavy atom. The highest BCUT2D eigenvalue weighted by atomic mass is 16.5. The van der Waals surface area contributed by atoms with E-state index >= 15 is 0 Å². The van der Waals surface area contributed by atoms with Crippen molar-refractivity contribution in [3.05, 3.63) is 35.6 Å². The van der Waals surface area contributed by atoms with Crippen LogP contribution in [0.1, 0.15) is 30.0 Å². The topological polar surface area (TPSA) is 86.7 Å². The fraction of sp³-hybridized carbons (Fsp3) is 0.400. The van der Waals surface area contributed by atoms with Gasteiger partial charge in [-0.2, -0.15) is 0 Å². The third-order valence-corrected chi connectivity index (χ3v) is 2.94. The number of para-hydroxylation sites is 1. The van der Waals surface area contributed by atoms with Crippen LogP contribution in [0.3, 0.4) is 0 Å². The second-order valence-corrected chi connectivity index (χ2v) is 4.84. The van der Waals surface area contributed by atoms with Crippen LogP contribution in [-0.4, -0.2) is 25.2 Å². The average Bonchev–Trinajstić information content (AvgIpc) is 2.84. The largest absolute Gasteiger partial charge is 0.458 e. The van der Waals surface area contributed by atoms with Crippen molar-refractivity contribution in [2.45, 2.75) is 26.6 Å². The predicted molar refractivity (Wildman–Crippen MR) is 78.6 cm³/mol. The molecule has 0 aliphatic carbocycles. The van der Waals surface area contributed by atoms with Gasteiger partial charge in [0.1, 0.15) is 18.0 Å². The third-order valence-electron chi connectivity index (χ3n) is 2.94. The number of hydrogen-bond acceptors (Lipinski definition) is 5. The van der Waals surface area contributed by atoms with E-state index in [4.69, 9.17) is 19.7 Å². The van der Waals surface area contributed by atoms with Crippen molar-refractivity contribution in [1.82, 2.24) is 5.43 Å². The van der Waals surface area contributed by atoms with E-state index in [0.717, 1.165) is 5.39 Å². The van der Waals surface area contributed by atoms with Gasteiger partial charge in [-0.05, 0) is 19.9 Å². The minimum absolute atomic E-state index is 0.165. The number of nitrogen functional groups attached to an aromatic ring is 1. The van der Waals surface area contributed by atoms with E-state index in [1.165, 1.54) is 0 Å². The Hall–Kier alpha value is -1.89. The van der Waals surface area contributed by atoms with Crippen molar-refractivity contribution >= 4 is 16.9 Å². The van der Waals surface area contributed by atoms with Gasteiger partial charge in [0.15, 0.2) is 0 Å². The van der Waals surface area contributed by atoms with E-state index < -0.39 is 5.91 Å². The van der Waals surface area contributed by atoms with Crippen LogP contribution in [0.25, 0.3) is 11.0 Å². The van der Waals surface area contributed by atoms with Gasteiger partial charge in [-0.25, -0.2) is 5.84 Å². The summed E-state index contributed by atoms with van der Waals surface area (Å²) >= 11 is 0. The summed E-state index contributed by atoms with van der Waals surface area (Å²) in [7, 11) is 0. The monoisotopic (exact) mass is 292 g/mol. The number of nitrogens with one attached hydrogen (secondary N) is 1. The van der Waals surface area contributed by atoms with Crippen LogP contribution in [0.15, 0.2) is 28.7 Å². The average molecular weight is 292 g/mol. The lowest BCUT2D eigenvalue weighted by molar-refractivity contribution is 0.0105. The highest BCUT2D eigenvalue weighted by molar-refractivity contribution is 6.06. The molecule has 0 radical (unpaired) electrons. The number of hydrogen-bond donors (Lipinski definition) is 2. The summed E-state index contributed by atoms with van der Waals surface area (Å²) in [5, 5.41) is 0.720. The van der Waals surface area contributed by atoms with Gasteiger partial charge in [0.2, 0.25) is 0 Å². The molecule has 0 aliphatic rings. The molecule has 0 fully saturated rings. The summed E-state index contributed by atoms with van der Waals surface area (Å²) < 4.78 is 16.5. The summed E-state index contributed by atoms with van der Waals surface area (Å²) in [4.78, 5) is 11.9. The molecule has 1 aromatic heterocycles. The number of fused-ring (bicyclic) bond motifs is 1. The first kappa shape index (κ1) is 15.5. The van der Waals surface area contributed by atoms with Crippen LogP contribution in [0.5, 0.6) is 0 Å². The van der Waals surface area contributed by atoms with Crippen LogP contribution >= 0.6 is 0 Å². The highest BCUT2D eigenvalue weighted by Gasteiger charge is 2.19. The van der Waals surface area contributed by atoms with E-state index in [9.17, 15) is 4.79 Å².